The van der Waals surface area contributed by atoms with E-state index < -0.39 is 28.5 Å². The Kier molecular flexibility index (Phi) is 6.75. The fourth-order valence-electron chi connectivity index (χ4n) is 3.07. The van der Waals surface area contributed by atoms with Crippen LogP contribution >= 0.6 is 11.8 Å². The van der Waals surface area contributed by atoms with E-state index in [1.165, 1.54) is 7.11 Å². The lowest BCUT2D eigenvalue weighted by atomic mass is 10.0. The molecular weight excluding hydrogens is 441 g/mol. The second-order valence-electron chi connectivity index (χ2n) is 6.78. The average molecular weight is 458 g/mol. The lowest BCUT2D eigenvalue weighted by Crippen LogP contribution is -2.13. The minimum absolute atomic E-state index is 0.0469. The maximum atomic E-state index is 13.8. The van der Waals surface area contributed by atoms with Gasteiger partial charge in [0.2, 0.25) is 0 Å². The van der Waals surface area contributed by atoms with Gasteiger partial charge in [0.15, 0.2) is 0 Å². The molecule has 5 nitrogen and oxygen atoms in total. The Balaban J connectivity index is 2.21. The minimum Gasteiger partial charge on any atom is -0.496 e. The fraction of sp³-hybridized carbons (Fsp3) is 0.174. The summed E-state index contributed by atoms with van der Waals surface area (Å²) in [7, 11) is 1.44. The van der Waals surface area contributed by atoms with Gasteiger partial charge in [-0.15, -0.1) is 0 Å². The number of hydrogen-bond donors (Lipinski definition) is 1. The number of rotatable bonds is 6. The molecule has 1 N–H and O–H groups in total. The SMILES string of the molecule is COc1cc(-c2cc(C(F)(F)F)c(C#N)c(SC(C(=O)O)c3ccccc3)n2)ccc1C. The number of aryl methyl sites for hydroxylation is 1. The summed E-state index contributed by atoms with van der Waals surface area (Å²) in [5.74, 6) is -0.799. The molecule has 3 aromatic rings. The van der Waals surface area contributed by atoms with E-state index in [9.17, 15) is 28.3 Å². The Morgan fingerprint density at radius 1 is 1.19 bits per heavy atom. The molecule has 1 heterocycles. The highest BCUT2D eigenvalue weighted by Crippen LogP contribution is 2.42. The maximum absolute atomic E-state index is 13.8. The van der Waals surface area contributed by atoms with Crippen LogP contribution in [-0.2, 0) is 11.0 Å². The number of halogens is 3. The molecule has 1 unspecified atom stereocenters. The minimum atomic E-state index is -4.84. The summed E-state index contributed by atoms with van der Waals surface area (Å²) in [6, 6.07) is 15.2. The van der Waals surface area contributed by atoms with Crippen LogP contribution in [0.3, 0.4) is 0 Å². The van der Waals surface area contributed by atoms with Gasteiger partial charge in [-0.25, -0.2) is 4.98 Å². The number of nitrogens with zero attached hydrogens (tertiary/aromatic N) is 2. The third-order valence-corrected chi connectivity index (χ3v) is 5.89. The van der Waals surface area contributed by atoms with Crippen LogP contribution in [0.4, 0.5) is 13.2 Å². The fourth-order valence-corrected chi connectivity index (χ4v) is 4.11. The Bertz CT molecular complexity index is 1190. The van der Waals surface area contributed by atoms with E-state index in [1.807, 2.05) is 0 Å². The monoisotopic (exact) mass is 458 g/mol. The molecule has 32 heavy (non-hydrogen) atoms. The molecule has 0 amide bonds. The molecule has 1 atom stereocenters. The quantitative estimate of drug-likeness (QED) is 0.465. The van der Waals surface area contributed by atoms with E-state index in [2.05, 4.69) is 4.98 Å². The molecule has 3 rings (SSSR count). The maximum Gasteiger partial charge on any atom is 0.417 e. The van der Waals surface area contributed by atoms with E-state index in [0.717, 1.165) is 11.6 Å². The number of carbonyl (C=O) groups is 1. The normalized spacial score (nSPS) is 12.1. The zero-order valence-corrected chi connectivity index (χ0v) is 17.8. The first-order chi connectivity index (χ1) is 15.2. The number of carboxylic acids is 1. The average Bonchev–Trinajstić information content (AvgIpc) is 2.76. The molecule has 1 aromatic heterocycles. The number of thioether (sulfide) groups is 1. The third kappa shape index (κ3) is 4.86. The van der Waals surface area contributed by atoms with Crippen LogP contribution in [0.15, 0.2) is 59.6 Å². The van der Waals surface area contributed by atoms with Gasteiger partial charge >= 0.3 is 12.1 Å². The number of hydrogen-bond acceptors (Lipinski definition) is 5. The first-order valence-corrected chi connectivity index (χ1v) is 10.2. The lowest BCUT2D eigenvalue weighted by Gasteiger charge is -2.17. The highest BCUT2D eigenvalue weighted by molar-refractivity contribution is 8.00. The molecule has 0 aliphatic heterocycles. The molecule has 164 valence electrons. The van der Waals surface area contributed by atoms with Crippen molar-refractivity contribution in [3.05, 3.63) is 76.9 Å². The van der Waals surface area contributed by atoms with Gasteiger partial charge in [0.1, 0.15) is 22.1 Å². The van der Waals surface area contributed by atoms with Crippen LogP contribution in [0.1, 0.15) is 27.5 Å². The number of pyridine rings is 1. The number of methoxy groups -OCH3 is 1. The Labute approximate surface area is 186 Å². The van der Waals surface area contributed by atoms with Crippen molar-refractivity contribution in [2.24, 2.45) is 0 Å². The summed E-state index contributed by atoms with van der Waals surface area (Å²) in [5, 5.41) is 17.6. The van der Waals surface area contributed by atoms with Gasteiger partial charge in [-0.3, -0.25) is 4.79 Å². The van der Waals surface area contributed by atoms with Crippen molar-refractivity contribution in [3.63, 3.8) is 0 Å². The van der Waals surface area contributed by atoms with Crippen LogP contribution in [0.2, 0.25) is 0 Å². The molecular formula is C23H17F3N2O3S. The van der Waals surface area contributed by atoms with E-state index in [0.29, 0.717) is 28.6 Å². The molecule has 0 radical (unpaired) electrons. The van der Waals surface area contributed by atoms with Crippen molar-refractivity contribution in [1.29, 1.82) is 5.26 Å². The predicted molar refractivity (Wildman–Crippen MR) is 113 cm³/mol. The predicted octanol–water partition coefficient (Wildman–Crippen LogP) is 5.87. The first-order valence-electron chi connectivity index (χ1n) is 9.27. The molecule has 0 saturated heterocycles. The van der Waals surface area contributed by atoms with E-state index in [4.69, 9.17) is 4.74 Å². The van der Waals surface area contributed by atoms with Crippen molar-refractivity contribution >= 4 is 17.7 Å². The number of aromatic nitrogens is 1. The van der Waals surface area contributed by atoms with Crippen LogP contribution < -0.4 is 4.74 Å². The van der Waals surface area contributed by atoms with Crippen LogP contribution in [0.5, 0.6) is 5.75 Å². The summed E-state index contributed by atoms with van der Waals surface area (Å²) in [5.41, 5.74) is -0.445. The Morgan fingerprint density at radius 3 is 2.44 bits per heavy atom. The number of benzene rings is 2. The van der Waals surface area contributed by atoms with Gasteiger partial charge in [-0.05, 0) is 30.2 Å². The van der Waals surface area contributed by atoms with Gasteiger partial charge < -0.3 is 9.84 Å². The molecule has 9 heteroatoms. The van der Waals surface area contributed by atoms with Crippen LogP contribution in [0.25, 0.3) is 11.3 Å². The highest BCUT2D eigenvalue weighted by Gasteiger charge is 2.37. The van der Waals surface area contributed by atoms with Gasteiger partial charge in [0, 0.05) is 5.56 Å². The molecule has 0 fully saturated rings. The largest absolute Gasteiger partial charge is 0.496 e. The van der Waals surface area contributed by atoms with Crippen molar-refractivity contribution in [2.45, 2.75) is 23.4 Å². The molecule has 2 aromatic carbocycles. The number of alkyl halides is 3. The molecule has 0 spiro atoms. The van der Waals surface area contributed by atoms with Crippen molar-refractivity contribution in [3.8, 4) is 23.1 Å². The van der Waals surface area contributed by atoms with E-state index in [-0.39, 0.29) is 10.7 Å². The van der Waals surface area contributed by atoms with Gasteiger partial charge in [-0.2, -0.15) is 18.4 Å². The molecule has 0 aliphatic rings. The number of nitriles is 1. The zero-order chi connectivity index (χ0) is 23.5. The second kappa shape index (κ2) is 9.32. The van der Waals surface area contributed by atoms with Gasteiger partial charge in [-0.1, -0.05) is 54.2 Å². The smallest absolute Gasteiger partial charge is 0.417 e. The summed E-state index contributed by atoms with van der Waals surface area (Å²) in [6.07, 6.45) is -4.84. The molecule has 0 saturated carbocycles. The summed E-state index contributed by atoms with van der Waals surface area (Å²) >= 11 is 0.589. The zero-order valence-electron chi connectivity index (χ0n) is 17.0. The number of carboxylic acid groups (broad SMARTS) is 1. The van der Waals surface area contributed by atoms with Crippen molar-refractivity contribution < 1.29 is 27.8 Å². The lowest BCUT2D eigenvalue weighted by molar-refractivity contribution is -0.138. The van der Waals surface area contributed by atoms with Crippen LogP contribution in [-0.4, -0.2) is 23.2 Å². The second-order valence-corrected chi connectivity index (χ2v) is 7.87. The third-order valence-electron chi connectivity index (χ3n) is 4.66. The first kappa shape index (κ1) is 23.2. The van der Waals surface area contributed by atoms with Crippen molar-refractivity contribution in [2.75, 3.05) is 7.11 Å². The Morgan fingerprint density at radius 2 is 1.88 bits per heavy atom. The van der Waals surface area contributed by atoms with Crippen LogP contribution in [0, 0.1) is 18.3 Å². The number of aliphatic carboxylic acids is 1. The van der Waals surface area contributed by atoms with Gasteiger partial charge in [0.05, 0.1) is 23.9 Å². The van der Waals surface area contributed by atoms with E-state index >= 15 is 0 Å². The molecule has 0 aliphatic carbocycles. The summed E-state index contributed by atoms with van der Waals surface area (Å²) in [4.78, 5) is 16.2. The Hall–Kier alpha value is -3.51. The molecule has 0 bridgehead atoms. The van der Waals surface area contributed by atoms with Gasteiger partial charge in [0.25, 0.3) is 0 Å². The van der Waals surface area contributed by atoms with E-state index in [1.54, 1.807) is 61.5 Å². The summed E-state index contributed by atoms with van der Waals surface area (Å²) in [6.45, 7) is 1.79. The topological polar surface area (TPSA) is 83.2 Å². The van der Waals surface area contributed by atoms with Crippen molar-refractivity contribution in [1.82, 2.24) is 4.98 Å². The summed E-state index contributed by atoms with van der Waals surface area (Å²) < 4.78 is 46.7. The highest BCUT2D eigenvalue weighted by atomic mass is 32.2. The standard InChI is InChI=1S/C23H17F3N2O3S/c1-13-8-9-15(10-19(13)31-2)18-11-17(23(24,25)26)16(12-27)21(28-18)32-20(22(29)30)14-6-4-3-5-7-14/h3-11,20H,1-2H3,(H,29,30). The number of ether oxygens (including phenoxy) is 1.